The fourth-order valence-corrected chi connectivity index (χ4v) is 6.84. The van der Waals surface area contributed by atoms with Crippen LogP contribution in [0.2, 0.25) is 0 Å². The second-order valence-electron chi connectivity index (χ2n) is 10.4. The molecule has 2 bridgehead atoms. The van der Waals surface area contributed by atoms with Crippen LogP contribution in [0.3, 0.4) is 0 Å². The lowest BCUT2D eigenvalue weighted by molar-refractivity contribution is -0.149. The third kappa shape index (κ3) is 3.68. The molecule has 2 N–H and O–H groups in total. The minimum Gasteiger partial charge on any atom is -0.481 e. The van der Waals surface area contributed by atoms with Crippen molar-refractivity contribution < 1.29 is 24.2 Å². The molecular weight excluding hydrogens is 444 g/mol. The Balaban J connectivity index is 1.11. The number of carboxylic acids is 1. The average Bonchev–Trinajstić information content (AvgIpc) is 3.53. The van der Waals surface area contributed by atoms with Gasteiger partial charge in [0, 0.05) is 24.5 Å². The quantitative estimate of drug-likeness (QED) is 0.683. The summed E-state index contributed by atoms with van der Waals surface area (Å²) in [7, 11) is 0. The Morgan fingerprint density at radius 3 is 2.29 bits per heavy atom. The number of nitrogens with one attached hydrogen (secondary N) is 1. The number of fused-ring (bicyclic) bond motifs is 4. The van der Waals surface area contributed by atoms with Gasteiger partial charge in [-0.3, -0.25) is 9.59 Å². The molecule has 4 fully saturated rings. The fraction of sp³-hybridized carbons (Fsp3) is 0.464. The Labute approximate surface area is 204 Å². The number of nitrogens with zero attached hydrogens (tertiary/aromatic N) is 1. The first-order chi connectivity index (χ1) is 17.0. The van der Waals surface area contributed by atoms with Crippen molar-refractivity contribution in [2.75, 3.05) is 13.2 Å². The molecule has 2 saturated carbocycles. The third-order valence-electron chi connectivity index (χ3n) is 8.60. The molecule has 7 heteroatoms. The van der Waals surface area contributed by atoms with Crippen molar-refractivity contribution in [3.63, 3.8) is 0 Å². The number of alkyl carbamates (subject to hydrolysis) is 1. The van der Waals surface area contributed by atoms with Crippen molar-refractivity contribution in [1.82, 2.24) is 10.2 Å². The number of amides is 2. The van der Waals surface area contributed by atoms with Gasteiger partial charge in [-0.05, 0) is 47.4 Å². The molecule has 35 heavy (non-hydrogen) atoms. The summed E-state index contributed by atoms with van der Waals surface area (Å²) in [6.07, 6.45) is 3.60. The Kier molecular flexibility index (Phi) is 5.50. The van der Waals surface area contributed by atoms with Gasteiger partial charge in [0.15, 0.2) is 0 Å². The summed E-state index contributed by atoms with van der Waals surface area (Å²) in [5, 5.41) is 12.4. The van der Waals surface area contributed by atoms with E-state index in [2.05, 4.69) is 29.6 Å². The van der Waals surface area contributed by atoms with Gasteiger partial charge in [0.1, 0.15) is 6.61 Å². The minimum absolute atomic E-state index is 0.00935. The molecule has 2 saturated heterocycles. The van der Waals surface area contributed by atoms with Crippen LogP contribution in [0, 0.1) is 17.8 Å². The summed E-state index contributed by atoms with van der Waals surface area (Å²) >= 11 is 0. The van der Waals surface area contributed by atoms with E-state index in [1.54, 1.807) is 4.90 Å². The Hall–Kier alpha value is -3.35. The molecular formula is C28H30N2O5. The van der Waals surface area contributed by atoms with Crippen molar-refractivity contribution in [3.05, 3.63) is 59.7 Å². The third-order valence-corrected chi connectivity index (χ3v) is 8.60. The van der Waals surface area contributed by atoms with Gasteiger partial charge in [-0.15, -0.1) is 0 Å². The van der Waals surface area contributed by atoms with Crippen LogP contribution in [0.25, 0.3) is 11.1 Å². The Morgan fingerprint density at radius 1 is 0.971 bits per heavy atom. The molecule has 0 spiro atoms. The van der Waals surface area contributed by atoms with E-state index < -0.39 is 18.0 Å². The summed E-state index contributed by atoms with van der Waals surface area (Å²) in [5.41, 5.74) is 4.68. The fourth-order valence-electron chi connectivity index (χ4n) is 6.84. The van der Waals surface area contributed by atoms with Crippen molar-refractivity contribution >= 4 is 18.0 Å². The minimum atomic E-state index is -0.807. The van der Waals surface area contributed by atoms with Crippen molar-refractivity contribution in [2.45, 2.75) is 50.1 Å². The lowest BCUT2D eigenvalue weighted by Crippen LogP contribution is -2.52. The normalized spacial score (nSPS) is 28.6. The average molecular weight is 475 g/mol. The smallest absolute Gasteiger partial charge is 0.407 e. The van der Waals surface area contributed by atoms with Crippen LogP contribution < -0.4 is 5.32 Å². The molecule has 3 aliphatic carbocycles. The van der Waals surface area contributed by atoms with E-state index in [-0.39, 0.29) is 42.4 Å². The highest BCUT2D eigenvalue weighted by atomic mass is 16.5. The zero-order valence-corrected chi connectivity index (χ0v) is 19.6. The highest BCUT2D eigenvalue weighted by Crippen LogP contribution is 2.48. The van der Waals surface area contributed by atoms with Crippen LogP contribution >= 0.6 is 0 Å². The van der Waals surface area contributed by atoms with Crippen LogP contribution in [0.1, 0.15) is 49.1 Å². The van der Waals surface area contributed by atoms with Crippen LogP contribution in [0.4, 0.5) is 4.79 Å². The van der Waals surface area contributed by atoms with Crippen molar-refractivity contribution in [2.24, 2.45) is 17.8 Å². The molecule has 0 aromatic heterocycles. The van der Waals surface area contributed by atoms with Crippen LogP contribution in [-0.2, 0) is 14.3 Å². The van der Waals surface area contributed by atoms with E-state index in [0.717, 1.165) is 36.8 Å². The van der Waals surface area contributed by atoms with Crippen molar-refractivity contribution in [1.29, 1.82) is 0 Å². The maximum absolute atomic E-state index is 13.4. The topological polar surface area (TPSA) is 95.9 Å². The van der Waals surface area contributed by atoms with Crippen LogP contribution in [0.5, 0.6) is 0 Å². The lowest BCUT2D eigenvalue weighted by atomic mass is 9.74. The van der Waals surface area contributed by atoms with E-state index in [0.29, 0.717) is 13.0 Å². The largest absolute Gasteiger partial charge is 0.481 e. The van der Waals surface area contributed by atoms with E-state index in [1.807, 2.05) is 24.3 Å². The number of rotatable bonds is 5. The monoisotopic (exact) mass is 474 g/mol. The molecule has 7 nitrogen and oxygen atoms in total. The lowest BCUT2D eigenvalue weighted by Gasteiger charge is -2.37. The highest BCUT2D eigenvalue weighted by Gasteiger charge is 2.58. The molecule has 2 amide bonds. The summed E-state index contributed by atoms with van der Waals surface area (Å²) in [5.74, 6) is -1.52. The maximum atomic E-state index is 13.4. The SMILES string of the molecule is O=C(N[C@@H]1CCCC[C@@H]1C(=O)N1CC2CC1C2C(=O)O)OCC1c2ccccc2-c2ccccc21. The molecule has 2 heterocycles. The molecule has 5 aliphatic rings. The summed E-state index contributed by atoms with van der Waals surface area (Å²) in [6.45, 7) is 0.760. The van der Waals surface area contributed by atoms with Gasteiger partial charge < -0.3 is 20.1 Å². The number of carbonyl (C=O) groups is 3. The van der Waals surface area contributed by atoms with Gasteiger partial charge in [0.25, 0.3) is 0 Å². The summed E-state index contributed by atoms with van der Waals surface area (Å²) in [4.78, 5) is 39.5. The standard InChI is InChI=1S/C28H30N2O5/c31-26(30-14-16-13-24(30)25(16)27(32)33)21-11-5-6-12-23(21)29-28(34)35-15-22-19-9-3-1-7-17(19)18-8-2-4-10-20(18)22/h1-4,7-10,16,21-25H,5-6,11-15H2,(H,29,34)(H,32,33)/t16?,21-,23+,24?,25?/m0/s1. The van der Waals surface area contributed by atoms with E-state index in [4.69, 9.17) is 4.74 Å². The molecule has 7 rings (SSSR count). The number of benzene rings is 2. The molecule has 5 atom stereocenters. The van der Waals surface area contributed by atoms with Gasteiger partial charge in [-0.1, -0.05) is 61.4 Å². The van der Waals surface area contributed by atoms with Gasteiger partial charge in [0.2, 0.25) is 5.91 Å². The van der Waals surface area contributed by atoms with Crippen molar-refractivity contribution in [3.8, 4) is 11.1 Å². The molecule has 0 radical (unpaired) electrons. The zero-order chi connectivity index (χ0) is 24.1. The number of carboxylic acid groups (broad SMARTS) is 1. The van der Waals surface area contributed by atoms with Gasteiger partial charge in [-0.25, -0.2) is 4.79 Å². The molecule has 2 aromatic carbocycles. The first-order valence-electron chi connectivity index (χ1n) is 12.7. The van der Waals surface area contributed by atoms with E-state index >= 15 is 0 Å². The Bertz CT molecular complexity index is 1130. The predicted molar refractivity (Wildman–Crippen MR) is 129 cm³/mol. The number of ether oxygens (including phenoxy) is 1. The molecule has 2 aliphatic heterocycles. The van der Waals surface area contributed by atoms with Crippen LogP contribution in [-0.4, -0.2) is 53.2 Å². The van der Waals surface area contributed by atoms with E-state index in [9.17, 15) is 19.5 Å². The summed E-state index contributed by atoms with van der Waals surface area (Å²) < 4.78 is 5.72. The maximum Gasteiger partial charge on any atom is 0.407 e. The number of carbonyl (C=O) groups excluding carboxylic acids is 2. The second kappa shape index (κ2) is 8.70. The zero-order valence-electron chi connectivity index (χ0n) is 19.6. The summed E-state index contributed by atoms with van der Waals surface area (Å²) in [6, 6.07) is 16.0. The molecule has 3 unspecified atom stereocenters. The molecule has 182 valence electrons. The van der Waals surface area contributed by atoms with Crippen LogP contribution in [0.15, 0.2) is 48.5 Å². The van der Waals surface area contributed by atoms with Gasteiger partial charge in [-0.2, -0.15) is 0 Å². The number of hydrogen-bond donors (Lipinski definition) is 2. The van der Waals surface area contributed by atoms with Gasteiger partial charge >= 0.3 is 12.1 Å². The highest BCUT2D eigenvalue weighted by molar-refractivity contribution is 5.84. The predicted octanol–water partition coefficient (Wildman–Crippen LogP) is 4.02. The first kappa shape index (κ1) is 22.1. The first-order valence-corrected chi connectivity index (χ1v) is 12.7. The molecule has 2 aromatic rings. The second-order valence-corrected chi connectivity index (χ2v) is 10.4. The Morgan fingerprint density at radius 2 is 1.63 bits per heavy atom. The van der Waals surface area contributed by atoms with E-state index in [1.165, 1.54) is 11.1 Å². The number of hydrogen-bond acceptors (Lipinski definition) is 4. The number of aliphatic carboxylic acids is 1. The van der Waals surface area contributed by atoms with Gasteiger partial charge in [0.05, 0.1) is 11.8 Å².